The lowest BCUT2D eigenvalue weighted by Gasteiger charge is -2.07. The molecule has 12 heteroatoms. The second kappa shape index (κ2) is 12.7. The lowest BCUT2D eigenvalue weighted by molar-refractivity contribution is -0.385. The van der Waals surface area contributed by atoms with E-state index in [1.165, 1.54) is 24.3 Å². The van der Waals surface area contributed by atoms with E-state index >= 15 is 0 Å². The molecule has 2 N–H and O–H groups in total. The summed E-state index contributed by atoms with van der Waals surface area (Å²) in [4.78, 5) is 45.2. The van der Waals surface area contributed by atoms with E-state index < -0.39 is 21.7 Å². The number of hydrogen-bond acceptors (Lipinski definition) is 6. The molecule has 2 amide bonds. The van der Waals surface area contributed by atoms with Crippen LogP contribution in [0.1, 0.15) is 52.8 Å². The molecule has 0 heterocycles. The van der Waals surface area contributed by atoms with Gasteiger partial charge in [-0.15, -0.1) is 0 Å². The standard InChI is InChI=1S/C21H22Cl2N4O6/c22-14-6-8-16(18(12-14)26(30)31)20(28)24-10-4-2-1-3-5-11-25-21(29)17-9-7-15(23)13-19(17)27(32)33/h6-9,12-13H,1-5,10-11H2,(H,24,28)(H,25,29). The Kier molecular flexibility index (Phi) is 10.0. The molecule has 176 valence electrons. The molecule has 33 heavy (non-hydrogen) atoms. The van der Waals surface area contributed by atoms with Crippen molar-refractivity contribution >= 4 is 46.4 Å². The van der Waals surface area contributed by atoms with Crippen LogP contribution in [0.2, 0.25) is 10.0 Å². The summed E-state index contributed by atoms with van der Waals surface area (Å²) in [5.74, 6) is -1.06. The van der Waals surface area contributed by atoms with Crippen LogP contribution in [0.5, 0.6) is 0 Å². The van der Waals surface area contributed by atoms with Gasteiger partial charge < -0.3 is 10.6 Å². The zero-order chi connectivity index (χ0) is 24.4. The average Bonchev–Trinajstić information content (AvgIpc) is 2.77. The minimum atomic E-state index is -0.648. The van der Waals surface area contributed by atoms with Crippen LogP contribution in [-0.2, 0) is 0 Å². The van der Waals surface area contributed by atoms with Crippen LogP contribution in [0.15, 0.2) is 36.4 Å². The SMILES string of the molecule is O=C(NCCCCCCCNC(=O)c1ccc(Cl)cc1[N+](=O)[O-])c1ccc(Cl)cc1[N+](=O)[O-]. The fraction of sp³-hybridized carbons (Fsp3) is 0.333. The molecule has 0 aliphatic heterocycles. The maximum atomic E-state index is 12.2. The molecular formula is C21H22Cl2N4O6. The molecule has 2 aromatic carbocycles. The highest BCUT2D eigenvalue weighted by Gasteiger charge is 2.21. The second-order valence-electron chi connectivity index (χ2n) is 7.12. The summed E-state index contributed by atoms with van der Waals surface area (Å²) >= 11 is 11.5. The van der Waals surface area contributed by atoms with E-state index in [1.807, 2.05) is 0 Å². The monoisotopic (exact) mass is 496 g/mol. The Morgan fingerprint density at radius 2 is 1.06 bits per heavy atom. The first-order valence-electron chi connectivity index (χ1n) is 10.1. The Bertz CT molecular complexity index is 966. The molecule has 0 saturated carbocycles. The molecule has 0 aromatic heterocycles. The van der Waals surface area contributed by atoms with Crippen LogP contribution in [-0.4, -0.2) is 34.8 Å². The minimum Gasteiger partial charge on any atom is -0.352 e. The number of nitro benzene ring substituents is 2. The number of rotatable bonds is 12. The van der Waals surface area contributed by atoms with Gasteiger partial charge in [0.15, 0.2) is 0 Å². The second-order valence-corrected chi connectivity index (χ2v) is 7.99. The first-order chi connectivity index (χ1) is 15.7. The molecule has 10 nitrogen and oxygen atoms in total. The van der Waals surface area contributed by atoms with Crippen molar-refractivity contribution in [3.63, 3.8) is 0 Å². The van der Waals surface area contributed by atoms with E-state index in [4.69, 9.17) is 23.2 Å². The molecule has 0 radical (unpaired) electrons. The number of unbranched alkanes of at least 4 members (excludes halogenated alkanes) is 4. The molecule has 0 saturated heterocycles. The van der Waals surface area contributed by atoms with Crippen LogP contribution in [0.4, 0.5) is 11.4 Å². The van der Waals surface area contributed by atoms with Crippen molar-refractivity contribution in [1.29, 1.82) is 0 Å². The van der Waals surface area contributed by atoms with E-state index in [1.54, 1.807) is 0 Å². The van der Waals surface area contributed by atoms with Crippen LogP contribution in [0.25, 0.3) is 0 Å². The number of nitrogens with one attached hydrogen (secondary N) is 2. The number of benzene rings is 2. The molecule has 2 rings (SSSR count). The number of nitrogens with zero attached hydrogens (tertiary/aromatic N) is 2. The van der Waals surface area contributed by atoms with Crippen molar-refractivity contribution in [2.45, 2.75) is 32.1 Å². The molecule has 0 aliphatic carbocycles. The lowest BCUT2D eigenvalue weighted by Crippen LogP contribution is -2.25. The van der Waals surface area contributed by atoms with Crippen molar-refractivity contribution in [2.24, 2.45) is 0 Å². The highest BCUT2D eigenvalue weighted by atomic mass is 35.5. The van der Waals surface area contributed by atoms with Gasteiger partial charge >= 0.3 is 0 Å². The van der Waals surface area contributed by atoms with E-state index in [0.717, 1.165) is 31.4 Å². The Morgan fingerprint density at radius 3 is 1.42 bits per heavy atom. The van der Waals surface area contributed by atoms with E-state index in [9.17, 15) is 29.8 Å². The van der Waals surface area contributed by atoms with Crippen molar-refractivity contribution in [3.05, 3.63) is 77.8 Å². The lowest BCUT2D eigenvalue weighted by atomic mass is 10.1. The Hall–Kier alpha value is -3.24. The van der Waals surface area contributed by atoms with Gasteiger partial charge in [-0.3, -0.25) is 29.8 Å². The molecule has 0 bridgehead atoms. The zero-order valence-corrected chi connectivity index (χ0v) is 19.0. The van der Waals surface area contributed by atoms with Gasteiger partial charge in [0.1, 0.15) is 11.1 Å². The van der Waals surface area contributed by atoms with Gasteiger partial charge in [0.2, 0.25) is 0 Å². The van der Waals surface area contributed by atoms with Gasteiger partial charge in [0.05, 0.1) is 9.85 Å². The summed E-state index contributed by atoms with van der Waals surface area (Å²) in [6.07, 6.45) is 3.88. The molecule has 2 aromatic rings. The first kappa shape index (κ1) is 26.0. The summed E-state index contributed by atoms with van der Waals surface area (Å²) in [5, 5.41) is 27.8. The minimum absolute atomic E-state index is 0.0407. The summed E-state index contributed by atoms with van der Waals surface area (Å²) in [5.41, 5.74) is -0.765. The van der Waals surface area contributed by atoms with Crippen LogP contribution < -0.4 is 10.6 Å². The largest absolute Gasteiger partial charge is 0.352 e. The smallest absolute Gasteiger partial charge is 0.283 e. The first-order valence-corrected chi connectivity index (χ1v) is 10.9. The number of hydrogen-bond donors (Lipinski definition) is 2. The third-order valence-corrected chi connectivity index (χ3v) is 5.20. The van der Waals surface area contributed by atoms with Crippen LogP contribution in [0.3, 0.4) is 0 Å². The van der Waals surface area contributed by atoms with E-state index in [0.29, 0.717) is 25.9 Å². The number of nitro groups is 2. The van der Waals surface area contributed by atoms with Gasteiger partial charge in [0, 0.05) is 35.3 Å². The topological polar surface area (TPSA) is 144 Å². The Morgan fingerprint density at radius 1 is 0.697 bits per heavy atom. The number of carbonyl (C=O) groups is 2. The van der Waals surface area contributed by atoms with Crippen LogP contribution >= 0.6 is 23.2 Å². The van der Waals surface area contributed by atoms with Crippen molar-refractivity contribution in [2.75, 3.05) is 13.1 Å². The summed E-state index contributed by atoms with van der Waals surface area (Å²) < 4.78 is 0. The molecule has 0 spiro atoms. The zero-order valence-electron chi connectivity index (χ0n) is 17.5. The fourth-order valence-electron chi connectivity index (χ4n) is 3.07. The maximum Gasteiger partial charge on any atom is 0.283 e. The Balaban J connectivity index is 1.64. The van der Waals surface area contributed by atoms with Gasteiger partial charge in [0.25, 0.3) is 23.2 Å². The third-order valence-electron chi connectivity index (χ3n) is 4.73. The maximum absolute atomic E-state index is 12.2. The quantitative estimate of drug-likeness (QED) is 0.242. The average molecular weight is 497 g/mol. The van der Waals surface area contributed by atoms with Gasteiger partial charge in [-0.05, 0) is 37.1 Å². The van der Waals surface area contributed by atoms with E-state index in [2.05, 4.69) is 10.6 Å². The third kappa shape index (κ3) is 7.99. The molecule has 0 fully saturated rings. The molecular weight excluding hydrogens is 475 g/mol. The highest BCUT2D eigenvalue weighted by molar-refractivity contribution is 6.31. The molecule has 0 aliphatic rings. The number of halogens is 2. The van der Waals surface area contributed by atoms with E-state index in [-0.39, 0.29) is 32.5 Å². The highest BCUT2D eigenvalue weighted by Crippen LogP contribution is 2.24. The van der Waals surface area contributed by atoms with Gasteiger partial charge in [-0.25, -0.2) is 0 Å². The molecule has 0 atom stereocenters. The number of amides is 2. The van der Waals surface area contributed by atoms with Crippen molar-refractivity contribution in [1.82, 2.24) is 10.6 Å². The van der Waals surface area contributed by atoms with Crippen LogP contribution in [0, 0.1) is 20.2 Å². The fourth-order valence-corrected chi connectivity index (χ4v) is 3.40. The summed E-state index contributed by atoms with van der Waals surface area (Å²) in [7, 11) is 0. The predicted molar refractivity (Wildman–Crippen MR) is 124 cm³/mol. The summed E-state index contributed by atoms with van der Waals surface area (Å²) in [6.45, 7) is 0.741. The predicted octanol–water partition coefficient (Wildman–Crippen LogP) is 4.92. The van der Waals surface area contributed by atoms with Gasteiger partial charge in [-0.1, -0.05) is 42.5 Å². The Labute approximate surface area is 199 Å². The summed E-state index contributed by atoms with van der Waals surface area (Å²) in [6, 6.07) is 7.77. The van der Waals surface area contributed by atoms with Crippen molar-refractivity contribution < 1.29 is 19.4 Å². The van der Waals surface area contributed by atoms with Crippen molar-refractivity contribution in [3.8, 4) is 0 Å². The van der Waals surface area contributed by atoms with Gasteiger partial charge in [-0.2, -0.15) is 0 Å². The normalized spacial score (nSPS) is 10.5. The molecule has 0 unspecified atom stereocenters. The number of carbonyl (C=O) groups excluding carboxylic acids is 2.